The van der Waals surface area contributed by atoms with E-state index in [0.717, 1.165) is 44.0 Å². The highest BCUT2D eigenvalue weighted by Crippen LogP contribution is 2.20. The van der Waals surface area contributed by atoms with Crippen LogP contribution in [-0.4, -0.2) is 43.8 Å². The number of ether oxygens (including phenoxy) is 1. The highest BCUT2D eigenvalue weighted by atomic mass is 16.5. The summed E-state index contributed by atoms with van der Waals surface area (Å²) in [5.74, 6) is 0. The molecule has 4 nitrogen and oxygen atoms in total. The van der Waals surface area contributed by atoms with Crippen molar-refractivity contribution in [3.8, 4) is 6.07 Å². The first-order valence-corrected chi connectivity index (χ1v) is 6.82. The summed E-state index contributed by atoms with van der Waals surface area (Å²) in [6.45, 7) is 8.76. The lowest BCUT2D eigenvalue weighted by Gasteiger charge is -2.32. The second kappa shape index (κ2) is 6.55. The summed E-state index contributed by atoms with van der Waals surface area (Å²) < 4.78 is 5.76. The molecule has 2 rings (SSSR count). The Morgan fingerprint density at radius 1 is 1.53 bits per heavy atom. The zero-order chi connectivity index (χ0) is 13.7. The van der Waals surface area contributed by atoms with Crippen LogP contribution in [0.2, 0.25) is 0 Å². The average Bonchev–Trinajstić information content (AvgIpc) is 2.46. The largest absolute Gasteiger partial charge is 0.381 e. The van der Waals surface area contributed by atoms with Crippen molar-refractivity contribution in [2.24, 2.45) is 0 Å². The minimum absolute atomic E-state index is 0.194. The molecule has 4 heteroatoms. The number of hydrogen-bond acceptors (Lipinski definition) is 4. The Morgan fingerprint density at radius 2 is 2.37 bits per heavy atom. The Labute approximate surface area is 115 Å². The Hall–Kier alpha value is -1.57. The minimum Gasteiger partial charge on any atom is -0.381 e. The highest BCUT2D eigenvalue weighted by molar-refractivity contribution is 5.62. The van der Waals surface area contributed by atoms with E-state index in [2.05, 4.69) is 23.2 Å². The summed E-state index contributed by atoms with van der Waals surface area (Å²) in [5, 5.41) is 12.5. The van der Waals surface area contributed by atoms with Gasteiger partial charge in [-0.25, -0.2) is 0 Å². The molecule has 0 aromatic heterocycles. The van der Waals surface area contributed by atoms with Gasteiger partial charge in [0.05, 0.1) is 24.0 Å². The molecule has 1 N–H and O–H groups in total. The van der Waals surface area contributed by atoms with E-state index >= 15 is 0 Å². The summed E-state index contributed by atoms with van der Waals surface area (Å²) >= 11 is 0. The molecule has 1 aromatic carbocycles. The van der Waals surface area contributed by atoms with E-state index in [-0.39, 0.29) is 6.10 Å². The molecular weight excluding hydrogens is 238 g/mol. The molecule has 0 radical (unpaired) electrons. The molecule has 1 saturated heterocycles. The van der Waals surface area contributed by atoms with Crippen LogP contribution in [0.15, 0.2) is 18.2 Å². The summed E-state index contributed by atoms with van der Waals surface area (Å²) in [4.78, 5) is 2.39. The van der Waals surface area contributed by atoms with Gasteiger partial charge < -0.3 is 10.1 Å². The summed E-state index contributed by atoms with van der Waals surface area (Å²) in [6.07, 6.45) is 0.194. The van der Waals surface area contributed by atoms with Crippen molar-refractivity contribution in [1.29, 1.82) is 5.26 Å². The van der Waals surface area contributed by atoms with Gasteiger partial charge >= 0.3 is 0 Å². The molecular formula is C15H21N3O. The van der Waals surface area contributed by atoms with Crippen molar-refractivity contribution in [2.45, 2.75) is 20.0 Å². The highest BCUT2D eigenvalue weighted by Gasteiger charge is 2.19. The quantitative estimate of drug-likeness (QED) is 0.898. The van der Waals surface area contributed by atoms with E-state index < -0.39 is 0 Å². The molecule has 1 aliphatic heterocycles. The Bertz CT molecular complexity index is 467. The summed E-state index contributed by atoms with van der Waals surface area (Å²) in [7, 11) is 0. The van der Waals surface area contributed by atoms with Crippen LogP contribution in [0, 0.1) is 18.3 Å². The standard InChI is InChI=1S/C15H21N3O/c1-3-18-7-8-19-14(11-18)10-17-15-12(2)5-4-6-13(15)9-16/h4-6,14,17H,3,7-8,10-11H2,1-2H3. The van der Waals surface area contributed by atoms with Gasteiger partial charge in [-0.3, -0.25) is 4.90 Å². The molecule has 0 bridgehead atoms. The lowest BCUT2D eigenvalue weighted by atomic mass is 10.1. The molecule has 102 valence electrons. The maximum Gasteiger partial charge on any atom is 0.101 e. The first-order chi connectivity index (χ1) is 9.24. The van der Waals surface area contributed by atoms with E-state index in [1.54, 1.807) is 0 Å². The second-order valence-electron chi connectivity index (χ2n) is 4.88. The first-order valence-electron chi connectivity index (χ1n) is 6.82. The van der Waals surface area contributed by atoms with Crippen molar-refractivity contribution in [2.75, 3.05) is 38.1 Å². The molecule has 1 unspecified atom stereocenters. The van der Waals surface area contributed by atoms with Gasteiger partial charge in [0, 0.05) is 19.6 Å². The van der Waals surface area contributed by atoms with Crippen LogP contribution in [-0.2, 0) is 4.74 Å². The molecule has 1 fully saturated rings. The van der Waals surface area contributed by atoms with Crippen LogP contribution in [0.3, 0.4) is 0 Å². The van der Waals surface area contributed by atoms with Crippen molar-refractivity contribution < 1.29 is 4.74 Å². The number of benzene rings is 1. The van der Waals surface area contributed by atoms with Crippen LogP contribution in [0.1, 0.15) is 18.1 Å². The molecule has 1 aromatic rings. The average molecular weight is 259 g/mol. The minimum atomic E-state index is 0.194. The predicted octanol–water partition coefficient (Wildman–Crippen LogP) is 2.00. The smallest absolute Gasteiger partial charge is 0.101 e. The number of morpholine rings is 1. The topological polar surface area (TPSA) is 48.3 Å². The van der Waals surface area contributed by atoms with E-state index in [0.29, 0.717) is 5.56 Å². The number of nitrogens with one attached hydrogen (secondary N) is 1. The van der Waals surface area contributed by atoms with E-state index in [1.165, 1.54) is 0 Å². The second-order valence-corrected chi connectivity index (χ2v) is 4.88. The van der Waals surface area contributed by atoms with Crippen molar-refractivity contribution in [1.82, 2.24) is 4.90 Å². The van der Waals surface area contributed by atoms with Crippen molar-refractivity contribution in [3.05, 3.63) is 29.3 Å². The van der Waals surface area contributed by atoms with Crippen LogP contribution in [0.4, 0.5) is 5.69 Å². The number of nitrogens with zero attached hydrogens (tertiary/aromatic N) is 2. The Kier molecular flexibility index (Phi) is 4.78. The number of aryl methyl sites for hydroxylation is 1. The van der Waals surface area contributed by atoms with Gasteiger partial charge in [-0.05, 0) is 25.1 Å². The third kappa shape index (κ3) is 3.46. The van der Waals surface area contributed by atoms with E-state index in [4.69, 9.17) is 10.00 Å². The van der Waals surface area contributed by atoms with Gasteiger partial charge in [0.25, 0.3) is 0 Å². The maximum absolute atomic E-state index is 9.13. The van der Waals surface area contributed by atoms with Crippen molar-refractivity contribution in [3.63, 3.8) is 0 Å². The summed E-state index contributed by atoms with van der Waals surface area (Å²) in [6, 6.07) is 8.00. The van der Waals surface area contributed by atoms with Gasteiger partial charge in [0.15, 0.2) is 0 Å². The zero-order valence-electron chi connectivity index (χ0n) is 11.6. The zero-order valence-corrected chi connectivity index (χ0v) is 11.6. The van der Waals surface area contributed by atoms with Crippen LogP contribution in [0.5, 0.6) is 0 Å². The fourth-order valence-electron chi connectivity index (χ4n) is 2.40. The maximum atomic E-state index is 9.13. The van der Waals surface area contributed by atoms with Crippen LogP contribution in [0.25, 0.3) is 0 Å². The van der Waals surface area contributed by atoms with Gasteiger partial charge in [0.1, 0.15) is 6.07 Å². The van der Waals surface area contributed by atoms with Crippen LogP contribution >= 0.6 is 0 Å². The Balaban J connectivity index is 1.97. The third-order valence-electron chi connectivity index (χ3n) is 3.57. The van der Waals surface area contributed by atoms with Gasteiger partial charge in [-0.15, -0.1) is 0 Å². The van der Waals surface area contributed by atoms with Gasteiger partial charge in [-0.2, -0.15) is 5.26 Å². The summed E-state index contributed by atoms with van der Waals surface area (Å²) in [5.41, 5.74) is 2.73. The normalized spacial score (nSPS) is 19.9. The van der Waals surface area contributed by atoms with Gasteiger partial charge in [0.2, 0.25) is 0 Å². The molecule has 19 heavy (non-hydrogen) atoms. The fraction of sp³-hybridized carbons (Fsp3) is 0.533. The first kappa shape index (κ1) is 13.9. The lowest BCUT2D eigenvalue weighted by Crippen LogP contribution is -2.45. The monoisotopic (exact) mass is 259 g/mol. The number of likely N-dealkylation sites (N-methyl/N-ethyl adjacent to an activating group) is 1. The van der Waals surface area contributed by atoms with Crippen molar-refractivity contribution >= 4 is 5.69 Å². The number of nitriles is 1. The van der Waals surface area contributed by atoms with Gasteiger partial charge in [-0.1, -0.05) is 19.1 Å². The number of para-hydroxylation sites is 1. The molecule has 1 aliphatic rings. The number of rotatable bonds is 4. The molecule has 0 spiro atoms. The predicted molar refractivity (Wildman–Crippen MR) is 76.2 cm³/mol. The number of anilines is 1. The molecule has 0 saturated carbocycles. The lowest BCUT2D eigenvalue weighted by molar-refractivity contribution is -0.0191. The molecule has 0 amide bonds. The fourth-order valence-corrected chi connectivity index (χ4v) is 2.40. The SMILES string of the molecule is CCN1CCOC(CNc2c(C)cccc2C#N)C1. The van der Waals surface area contributed by atoms with Crippen LogP contribution < -0.4 is 5.32 Å². The molecule has 0 aliphatic carbocycles. The molecule has 1 atom stereocenters. The van der Waals surface area contributed by atoms with E-state index in [9.17, 15) is 0 Å². The Morgan fingerprint density at radius 3 is 3.11 bits per heavy atom. The third-order valence-corrected chi connectivity index (χ3v) is 3.57. The molecule has 1 heterocycles. The number of hydrogen-bond donors (Lipinski definition) is 1. The van der Waals surface area contributed by atoms with E-state index in [1.807, 2.05) is 25.1 Å².